The molecule has 1 aliphatic heterocycles. The van der Waals surface area contributed by atoms with E-state index < -0.39 is 0 Å². The maximum absolute atomic E-state index is 13.0. The number of carbonyl (C=O) groups excluding carboxylic acids is 3. The Labute approximate surface area is 201 Å². The fourth-order valence-corrected chi connectivity index (χ4v) is 4.97. The molecule has 0 bridgehead atoms. The van der Waals surface area contributed by atoms with Crippen molar-refractivity contribution < 1.29 is 14.4 Å². The molecule has 0 saturated carbocycles. The van der Waals surface area contributed by atoms with Crippen molar-refractivity contribution in [3.63, 3.8) is 0 Å². The molecule has 1 aromatic heterocycles. The fraction of sp³-hybridized carbons (Fsp3) is 0.185. The van der Waals surface area contributed by atoms with E-state index in [2.05, 4.69) is 29.4 Å². The molecule has 2 heterocycles. The first-order valence-electron chi connectivity index (χ1n) is 11.3. The number of thiazole rings is 1. The van der Waals surface area contributed by atoms with Crippen LogP contribution in [0.4, 0.5) is 5.13 Å². The predicted molar refractivity (Wildman–Crippen MR) is 134 cm³/mol. The van der Waals surface area contributed by atoms with Gasteiger partial charge in [0, 0.05) is 40.4 Å². The number of nitrogens with zero attached hydrogens (tertiary/aromatic N) is 2. The first-order chi connectivity index (χ1) is 16.5. The summed E-state index contributed by atoms with van der Waals surface area (Å²) in [5.41, 5.74) is 4.14. The van der Waals surface area contributed by atoms with Gasteiger partial charge in [-0.25, -0.2) is 4.98 Å². The molecule has 0 spiro atoms. The maximum Gasteiger partial charge on any atom is 0.261 e. The summed E-state index contributed by atoms with van der Waals surface area (Å²) in [5, 5.41) is 6.86. The lowest BCUT2D eigenvalue weighted by Crippen LogP contribution is -2.41. The molecule has 0 unspecified atom stereocenters. The number of hydrogen-bond donors (Lipinski definition) is 1. The van der Waals surface area contributed by atoms with Crippen LogP contribution in [0.5, 0.6) is 0 Å². The summed E-state index contributed by atoms with van der Waals surface area (Å²) in [5.74, 6) is -0.816. The average Bonchev–Trinajstić information content (AvgIpc) is 3.33. The Bertz CT molecular complexity index is 1360. The molecule has 34 heavy (non-hydrogen) atoms. The highest BCUT2D eigenvalue weighted by Gasteiger charge is 2.32. The van der Waals surface area contributed by atoms with Gasteiger partial charge in [0.1, 0.15) is 0 Å². The third kappa shape index (κ3) is 4.10. The molecule has 0 saturated heterocycles. The zero-order valence-corrected chi connectivity index (χ0v) is 19.5. The van der Waals surface area contributed by atoms with E-state index in [-0.39, 0.29) is 30.7 Å². The second-order valence-electron chi connectivity index (χ2n) is 8.21. The molecular formula is C27H23N3O3S. The van der Waals surface area contributed by atoms with E-state index in [1.165, 1.54) is 21.8 Å². The second-order valence-corrected chi connectivity index (χ2v) is 9.07. The number of imide groups is 1. The largest absolute Gasteiger partial charge is 0.302 e. The van der Waals surface area contributed by atoms with Crippen LogP contribution in [0.3, 0.4) is 0 Å². The van der Waals surface area contributed by atoms with Crippen LogP contribution in [0.1, 0.15) is 46.0 Å². The zero-order chi connectivity index (χ0) is 23.7. The summed E-state index contributed by atoms with van der Waals surface area (Å²) in [6.45, 7) is 2.30. The lowest BCUT2D eigenvalue weighted by Gasteiger charge is -2.27. The van der Waals surface area contributed by atoms with Gasteiger partial charge < -0.3 is 5.32 Å². The normalized spacial score (nSPS) is 12.9. The van der Waals surface area contributed by atoms with E-state index in [4.69, 9.17) is 0 Å². The van der Waals surface area contributed by atoms with E-state index in [1.807, 2.05) is 41.8 Å². The second kappa shape index (κ2) is 9.19. The van der Waals surface area contributed by atoms with E-state index in [0.717, 1.165) is 23.1 Å². The Balaban J connectivity index is 1.19. The van der Waals surface area contributed by atoms with Crippen molar-refractivity contribution in [3.8, 4) is 11.3 Å². The molecule has 0 radical (unpaired) electrons. The highest BCUT2D eigenvalue weighted by atomic mass is 32.1. The molecule has 5 rings (SSSR count). The molecule has 0 aliphatic carbocycles. The number of carbonyl (C=O) groups is 3. The lowest BCUT2D eigenvalue weighted by atomic mass is 9.94. The van der Waals surface area contributed by atoms with Crippen LogP contribution in [0.15, 0.2) is 66.0 Å². The van der Waals surface area contributed by atoms with Crippen LogP contribution in [0.2, 0.25) is 0 Å². The topological polar surface area (TPSA) is 79.4 Å². The number of nitrogens with one attached hydrogen (secondary N) is 1. The summed E-state index contributed by atoms with van der Waals surface area (Å²) in [6, 6.07) is 19.1. The molecule has 170 valence electrons. The summed E-state index contributed by atoms with van der Waals surface area (Å²) < 4.78 is 0. The Morgan fingerprint density at radius 2 is 1.65 bits per heavy atom. The molecule has 6 nitrogen and oxygen atoms in total. The van der Waals surface area contributed by atoms with Crippen molar-refractivity contribution in [1.82, 2.24) is 9.88 Å². The van der Waals surface area contributed by atoms with Crippen molar-refractivity contribution in [2.75, 3.05) is 11.9 Å². The molecule has 7 heteroatoms. The first-order valence-corrected chi connectivity index (χ1v) is 12.2. The van der Waals surface area contributed by atoms with E-state index in [1.54, 1.807) is 12.1 Å². The summed E-state index contributed by atoms with van der Waals surface area (Å²) in [6.07, 6.45) is 1.54. The maximum atomic E-state index is 13.0. The van der Waals surface area contributed by atoms with Gasteiger partial charge in [0.25, 0.3) is 11.8 Å². The van der Waals surface area contributed by atoms with Crippen molar-refractivity contribution in [2.45, 2.75) is 26.2 Å². The molecular weight excluding hydrogens is 446 g/mol. The lowest BCUT2D eigenvalue weighted by molar-refractivity contribution is -0.116. The van der Waals surface area contributed by atoms with Crippen molar-refractivity contribution in [1.29, 1.82) is 0 Å². The van der Waals surface area contributed by atoms with Gasteiger partial charge in [0.2, 0.25) is 5.91 Å². The Morgan fingerprint density at radius 3 is 2.29 bits per heavy atom. The molecule has 1 aliphatic rings. The molecule has 0 fully saturated rings. The highest BCUT2D eigenvalue weighted by Crippen LogP contribution is 2.30. The van der Waals surface area contributed by atoms with E-state index in [9.17, 15) is 14.4 Å². The van der Waals surface area contributed by atoms with Crippen molar-refractivity contribution in [3.05, 3.63) is 82.7 Å². The quantitative estimate of drug-likeness (QED) is 0.361. The number of rotatable bonds is 7. The van der Waals surface area contributed by atoms with Crippen LogP contribution in [-0.4, -0.2) is 34.2 Å². The monoisotopic (exact) mass is 469 g/mol. The third-order valence-corrected chi connectivity index (χ3v) is 6.81. The SMILES string of the molecule is CCc1ccc(-c2csc(NC(=O)CCCN3C(=O)c4cccc5cccc(c45)C3=O)n2)cc1. The van der Waals surface area contributed by atoms with Gasteiger partial charge in [-0.3, -0.25) is 19.3 Å². The standard InChI is InChI=1S/C27H23N3O3S/c1-2-17-11-13-18(14-12-17)22-16-34-27(28-22)29-23(31)10-5-15-30-25(32)20-8-3-6-19-7-4-9-21(24(19)20)26(30)33/h3-4,6-9,11-14,16H,2,5,10,15H2,1H3,(H,28,29,31). The van der Waals surface area contributed by atoms with Crippen molar-refractivity contribution >= 4 is 45.0 Å². The third-order valence-electron chi connectivity index (χ3n) is 6.05. The minimum absolute atomic E-state index is 0.183. The Hall–Kier alpha value is -3.84. The van der Waals surface area contributed by atoms with Crippen LogP contribution in [-0.2, 0) is 11.2 Å². The highest BCUT2D eigenvalue weighted by molar-refractivity contribution is 7.14. The van der Waals surface area contributed by atoms with Crippen LogP contribution >= 0.6 is 11.3 Å². The Morgan fingerprint density at radius 1 is 0.971 bits per heavy atom. The molecule has 4 aromatic rings. The fourth-order valence-electron chi connectivity index (χ4n) is 4.24. The zero-order valence-electron chi connectivity index (χ0n) is 18.7. The van der Waals surface area contributed by atoms with Crippen LogP contribution in [0.25, 0.3) is 22.0 Å². The summed E-state index contributed by atoms with van der Waals surface area (Å²) in [7, 11) is 0. The minimum atomic E-state index is -0.312. The number of benzene rings is 3. The predicted octanol–water partition coefficient (Wildman–Crippen LogP) is 5.54. The van der Waals surface area contributed by atoms with E-state index >= 15 is 0 Å². The molecule has 3 aromatic carbocycles. The number of aryl methyl sites for hydroxylation is 1. The Kier molecular flexibility index (Phi) is 5.94. The van der Waals surface area contributed by atoms with Gasteiger partial charge in [-0.2, -0.15) is 0 Å². The van der Waals surface area contributed by atoms with Gasteiger partial charge in [-0.05, 0) is 35.9 Å². The average molecular weight is 470 g/mol. The minimum Gasteiger partial charge on any atom is -0.302 e. The van der Waals surface area contributed by atoms with Crippen molar-refractivity contribution in [2.24, 2.45) is 0 Å². The van der Waals surface area contributed by atoms with Gasteiger partial charge in [0.05, 0.1) is 5.69 Å². The summed E-state index contributed by atoms with van der Waals surface area (Å²) >= 11 is 1.37. The number of hydrogen-bond acceptors (Lipinski definition) is 5. The number of anilines is 1. The van der Waals surface area contributed by atoms with E-state index in [0.29, 0.717) is 28.1 Å². The molecule has 1 N–H and O–H groups in total. The van der Waals surface area contributed by atoms with Gasteiger partial charge in [-0.15, -0.1) is 11.3 Å². The van der Waals surface area contributed by atoms with Gasteiger partial charge in [0.15, 0.2) is 5.13 Å². The smallest absolute Gasteiger partial charge is 0.261 e. The van der Waals surface area contributed by atoms with Crippen LogP contribution in [0, 0.1) is 0 Å². The van der Waals surface area contributed by atoms with Gasteiger partial charge in [-0.1, -0.05) is 55.5 Å². The number of aromatic nitrogens is 1. The first kappa shape index (κ1) is 22.0. The van der Waals surface area contributed by atoms with Crippen LogP contribution < -0.4 is 5.32 Å². The number of amides is 3. The molecule has 0 atom stereocenters. The molecule has 3 amide bonds. The summed E-state index contributed by atoms with van der Waals surface area (Å²) in [4.78, 5) is 44.1. The van der Waals surface area contributed by atoms with Gasteiger partial charge >= 0.3 is 0 Å².